The van der Waals surface area contributed by atoms with E-state index in [0.29, 0.717) is 39.3 Å². The zero-order chi connectivity index (χ0) is 17.4. The molecule has 0 radical (unpaired) electrons. The standard InChI is InChI=1S/C18H14Cl2N4O/c1-25-16-14(19)4-3-11(15(16)20)13-7-12(13)10-8-23-18(24-9-10)17-21-5-2-6-22-17/h2-6,8-9,12-13H,7H2,1H3/t12-,13+/m0/s1. The van der Waals surface area contributed by atoms with Crippen molar-refractivity contribution in [3.63, 3.8) is 0 Å². The van der Waals surface area contributed by atoms with E-state index in [2.05, 4.69) is 19.9 Å². The SMILES string of the molecule is COc1c(Cl)ccc([C@H]2C[C@H]2c2cnc(-c3ncccn3)nc2)c1Cl. The van der Waals surface area contributed by atoms with Crippen molar-refractivity contribution in [2.45, 2.75) is 18.3 Å². The van der Waals surface area contributed by atoms with Gasteiger partial charge in [-0.15, -0.1) is 0 Å². The van der Waals surface area contributed by atoms with Gasteiger partial charge in [0, 0.05) is 24.8 Å². The zero-order valence-electron chi connectivity index (χ0n) is 13.4. The second-order valence-corrected chi connectivity index (χ2v) is 6.63. The molecule has 1 aromatic carbocycles. The first kappa shape index (κ1) is 16.2. The summed E-state index contributed by atoms with van der Waals surface area (Å²) in [6.45, 7) is 0. The average molecular weight is 373 g/mol. The van der Waals surface area contributed by atoms with Crippen LogP contribution in [-0.4, -0.2) is 27.0 Å². The van der Waals surface area contributed by atoms with E-state index in [1.807, 2.05) is 24.5 Å². The fourth-order valence-electron chi connectivity index (χ4n) is 2.99. The van der Waals surface area contributed by atoms with Crippen LogP contribution >= 0.6 is 23.2 Å². The molecule has 1 saturated carbocycles. The third-order valence-electron chi connectivity index (χ3n) is 4.34. The Bertz CT molecular complexity index is 903. The van der Waals surface area contributed by atoms with Gasteiger partial charge in [0.25, 0.3) is 0 Å². The first-order valence-corrected chi connectivity index (χ1v) is 8.56. The molecule has 126 valence electrons. The van der Waals surface area contributed by atoms with E-state index in [4.69, 9.17) is 27.9 Å². The minimum Gasteiger partial charge on any atom is -0.494 e. The molecule has 1 aliphatic rings. The van der Waals surface area contributed by atoms with Crippen LogP contribution in [0.2, 0.25) is 10.0 Å². The highest BCUT2D eigenvalue weighted by atomic mass is 35.5. The Labute approximate surface area is 155 Å². The summed E-state index contributed by atoms with van der Waals surface area (Å²) in [6, 6.07) is 5.55. The van der Waals surface area contributed by atoms with Crippen molar-refractivity contribution < 1.29 is 4.74 Å². The van der Waals surface area contributed by atoms with Crippen LogP contribution in [-0.2, 0) is 0 Å². The predicted octanol–water partition coefficient (Wildman–Crippen LogP) is 4.52. The summed E-state index contributed by atoms with van der Waals surface area (Å²) in [7, 11) is 1.57. The molecule has 0 saturated heterocycles. The number of nitrogens with zero attached hydrogens (tertiary/aromatic N) is 4. The molecule has 0 N–H and O–H groups in total. The van der Waals surface area contributed by atoms with Gasteiger partial charge in [0.05, 0.1) is 17.2 Å². The van der Waals surface area contributed by atoms with E-state index in [1.54, 1.807) is 25.6 Å². The molecule has 1 fully saturated rings. The van der Waals surface area contributed by atoms with Crippen LogP contribution in [0.15, 0.2) is 43.0 Å². The third-order valence-corrected chi connectivity index (χ3v) is 5.03. The van der Waals surface area contributed by atoms with Crippen molar-refractivity contribution >= 4 is 23.2 Å². The Kier molecular flexibility index (Phi) is 4.27. The van der Waals surface area contributed by atoms with Crippen LogP contribution in [0.25, 0.3) is 11.6 Å². The molecule has 0 aliphatic heterocycles. The van der Waals surface area contributed by atoms with Crippen LogP contribution in [0.3, 0.4) is 0 Å². The van der Waals surface area contributed by atoms with Gasteiger partial charge >= 0.3 is 0 Å². The maximum absolute atomic E-state index is 6.45. The summed E-state index contributed by atoms with van der Waals surface area (Å²) in [5.74, 6) is 2.23. The number of hydrogen-bond donors (Lipinski definition) is 0. The number of hydrogen-bond acceptors (Lipinski definition) is 5. The molecule has 2 aromatic heterocycles. The van der Waals surface area contributed by atoms with Gasteiger partial charge in [0.2, 0.25) is 0 Å². The molecule has 25 heavy (non-hydrogen) atoms. The maximum atomic E-state index is 6.45. The summed E-state index contributed by atoms with van der Waals surface area (Å²) < 4.78 is 5.30. The van der Waals surface area contributed by atoms with Crippen LogP contribution < -0.4 is 4.74 Å². The Balaban J connectivity index is 1.56. The van der Waals surface area contributed by atoms with Gasteiger partial charge < -0.3 is 4.74 Å². The molecule has 4 rings (SSSR count). The van der Waals surface area contributed by atoms with Crippen LogP contribution in [0.1, 0.15) is 29.4 Å². The largest absolute Gasteiger partial charge is 0.494 e. The number of methoxy groups -OCH3 is 1. The summed E-state index contributed by atoms with van der Waals surface area (Å²) in [6.07, 6.45) is 8.02. The predicted molar refractivity (Wildman–Crippen MR) is 96.2 cm³/mol. The molecular formula is C18H14Cl2N4O. The van der Waals surface area contributed by atoms with Crippen LogP contribution in [0.4, 0.5) is 0 Å². The Morgan fingerprint density at radius 1 is 0.960 bits per heavy atom. The minimum atomic E-state index is 0.320. The van der Waals surface area contributed by atoms with Crippen molar-refractivity contribution in [2.24, 2.45) is 0 Å². The lowest BCUT2D eigenvalue weighted by molar-refractivity contribution is 0.414. The van der Waals surface area contributed by atoms with Crippen molar-refractivity contribution in [1.29, 1.82) is 0 Å². The van der Waals surface area contributed by atoms with Gasteiger partial charge in [-0.1, -0.05) is 29.3 Å². The molecule has 1 aliphatic carbocycles. The molecule has 0 unspecified atom stereocenters. The fourth-order valence-corrected chi connectivity index (χ4v) is 3.65. The summed E-state index contributed by atoms with van der Waals surface area (Å²) in [4.78, 5) is 17.1. The highest BCUT2D eigenvalue weighted by molar-refractivity contribution is 6.37. The van der Waals surface area contributed by atoms with Crippen molar-refractivity contribution in [1.82, 2.24) is 19.9 Å². The first-order valence-electron chi connectivity index (χ1n) is 7.80. The third kappa shape index (κ3) is 3.05. The van der Waals surface area contributed by atoms with Crippen LogP contribution in [0.5, 0.6) is 5.75 Å². The van der Waals surface area contributed by atoms with E-state index in [0.717, 1.165) is 17.5 Å². The Morgan fingerprint density at radius 2 is 1.64 bits per heavy atom. The van der Waals surface area contributed by atoms with Gasteiger partial charge in [-0.2, -0.15) is 0 Å². The Hall–Kier alpha value is -2.24. The number of benzene rings is 1. The molecule has 0 bridgehead atoms. The first-order chi connectivity index (χ1) is 12.2. The topological polar surface area (TPSA) is 60.8 Å². The molecule has 0 amide bonds. The quantitative estimate of drug-likeness (QED) is 0.673. The van der Waals surface area contributed by atoms with Crippen molar-refractivity contribution in [3.05, 3.63) is 64.2 Å². The number of ether oxygens (including phenoxy) is 1. The highest BCUT2D eigenvalue weighted by Gasteiger charge is 2.41. The number of rotatable bonds is 4. The van der Waals surface area contributed by atoms with E-state index in [9.17, 15) is 0 Å². The number of halogens is 2. The molecular weight excluding hydrogens is 359 g/mol. The van der Waals surface area contributed by atoms with Gasteiger partial charge in [0.1, 0.15) is 0 Å². The molecule has 3 aromatic rings. The maximum Gasteiger partial charge on any atom is 0.197 e. The van der Waals surface area contributed by atoms with Gasteiger partial charge in [-0.05, 0) is 41.5 Å². The van der Waals surface area contributed by atoms with Crippen molar-refractivity contribution in [2.75, 3.05) is 7.11 Å². The van der Waals surface area contributed by atoms with Gasteiger partial charge in [-0.3, -0.25) is 0 Å². The Morgan fingerprint density at radius 3 is 2.32 bits per heavy atom. The second kappa shape index (κ2) is 6.58. The summed E-state index contributed by atoms with van der Waals surface area (Å²) in [5.41, 5.74) is 2.12. The van der Waals surface area contributed by atoms with Crippen LogP contribution in [0, 0.1) is 0 Å². The second-order valence-electron chi connectivity index (χ2n) is 5.84. The molecule has 5 nitrogen and oxygen atoms in total. The smallest absolute Gasteiger partial charge is 0.197 e. The lowest BCUT2D eigenvalue weighted by Gasteiger charge is -2.10. The fraction of sp³-hybridized carbons (Fsp3) is 0.222. The van der Waals surface area contributed by atoms with Gasteiger partial charge in [0.15, 0.2) is 17.4 Å². The number of aromatic nitrogens is 4. The summed E-state index contributed by atoms with van der Waals surface area (Å²) in [5, 5.41) is 1.10. The lowest BCUT2D eigenvalue weighted by atomic mass is 10.1. The summed E-state index contributed by atoms with van der Waals surface area (Å²) >= 11 is 12.6. The molecule has 0 spiro atoms. The normalized spacial score (nSPS) is 18.8. The monoisotopic (exact) mass is 372 g/mol. The minimum absolute atomic E-state index is 0.320. The zero-order valence-corrected chi connectivity index (χ0v) is 14.9. The van der Waals surface area contributed by atoms with Gasteiger partial charge in [-0.25, -0.2) is 19.9 Å². The molecule has 2 heterocycles. The van der Waals surface area contributed by atoms with E-state index < -0.39 is 0 Å². The highest BCUT2D eigenvalue weighted by Crippen LogP contribution is 2.57. The van der Waals surface area contributed by atoms with E-state index in [-0.39, 0.29) is 0 Å². The van der Waals surface area contributed by atoms with Crippen molar-refractivity contribution in [3.8, 4) is 17.4 Å². The average Bonchev–Trinajstić information content (AvgIpc) is 3.44. The molecule has 7 heteroatoms. The van der Waals surface area contributed by atoms with E-state index >= 15 is 0 Å². The molecule has 2 atom stereocenters. The van der Waals surface area contributed by atoms with E-state index in [1.165, 1.54) is 0 Å². The lowest BCUT2D eigenvalue weighted by Crippen LogP contribution is -1.96.